The number of amides is 2. The summed E-state index contributed by atoms with van der Waals surface area (Å²) < 4.78 is 25.0. The van der Waals surface area contributed by atoms with Gasteiger partial charge in [-0.3, -0.25) is 9.59 Å². The molecule has 1 N–H and O–H groups in total. The Hall–Kier alpha value is -3.87. The van der Waals surface area contributed by atoms with Crippen LogP contribution in [-0.4, -0.2) is 42.5 Å². The molecule has 190 valence electrons. The van der Waals surface area contributed by atoms with Gasteiger partial charge in [-0.25, -0.2) is 4.39 Å². The third-order valence-corrected chi connectivity index (χ3v) is 5.95. The van der Waals surface area contributed by atoms with E-state index >= 15 is 0 Å². The standard InChI is InChI=1S/C29H33FN2O4/c1-4-21(2)31-29(34)26(18-22-11-6-5-7-12-22)32(19-23-13-10-14-24(17-23)35-3)28(33)20-36-27-16-9-8-15-25(27)30/h5-17,21,26H,4,18-20H2,1-3H3,(H,31,34)/t21-,26-/m1/s1. The first kappa shape index (κ1) is 26.7. The predicted molar refractivity (Wildman–Crippen MR) is 137 cm³/mol. The maximum Gasteiger partial charge on any atom is 0.261 e. The lowest BCUT2D eigenvalue weighted by atomic mass is 10.0. The van der Waals surface area contributed by atoms with Crippen LogP contribution in [0.15, 0.2) is 78.9 Å². The lowest BCUT2D eigenvalue weighted by Crippen LogP contribution is -2.53. The highest BCUT2D eigenvalue weighted by Crippen LogP contribution is 2.20. The summed E-state index contributed by atoms with van der Waals surface area (Å²) in [5.41, 5.74) is 1.71. The topological polar surface area (TPSA) is 67.9 Å². The van der Waals surface area contributed by atoms with Crippen LogP contribution in [0, 0.1) is 5.82 Å². The Kier molecular flexibility index (Phi) is 9.86. The zero-order chi connectivity index (χ0) is 25.9. The molecule has 6 nitrogen and oxygen atoms in total. The van der Waals surface area contributed by atoms with E-state index in [0.717, 1.165) is 17.5 Å². The molecule has 0 aliphatic carbocycles. The van der Waals surface area contributed by atoms with Gasteiger partial charge < -0.3 is 19.7 Å². The van der Waals surface area contributed by atoms with Crippen LogP contribution in [0.1, 0.15) is 31.4 Å². The summed E-state index contributed by atoms with van der Waals surface area (Å²) in [6.45, 7) is 3.65. The maximum absolute atomic E-state index is 14.1. The molecule has 0 aromatic heterocycles. The number of para-hydroxylation sites is 1. The van der Waals surface area contributed by atoms with Gasteiger partial charge in [-0.1, -0.05) is 61.5 Å². The summed E-state index contributed by atoms with van der Waals surface area (Å²) in [6, 6.07) is 21.9. The highest BCUT2D eigenvalue weighted by molar-refractivity contribution is 5.88. The number of nitrogens with zero attached hydrogens (tertiary/aromatic N) is 1. The Morgan fingerprint density at radius 1 is 0.972 bits per heavy atom. The Morgan fingerprint density at radius 2 is 1.67 bits per heavy atom. The van der Waals surface area contributed by atoms with Crippen molar-refractivity contribution in [3.05, 3.63) is 95.8 Å². The number of halogens is 1. The average molecular weight is 493 g/mol. The lowest BCUT2D eigenvalue weighted by molar-refractivity contribution is -0.143. The molecule has 0 heterocycles. The summed E-state index contributed by atoms with van der Waals surface area (Å²) in [6.07, 6.45) is 1.07. The van der Waals surface area contributed by atoms with Gasteiger partial charge >= 0.3 is 0 Å². The van der Waals surface area contributed by atoms with Crippen molar-refractivity contribution in [2.45, 2.75) is 45.3 Å². The molecule has 0 fully saturated rings. The fourth-order valence-corrected chi connectivity index (χ4v) is 3.75. The Bertz CT molecular complexity index is 1140. The molecule has 3 aromatic carbocycles. The fraction of sp³-hybridized carbons (Fsp3) is 0.310. The van der Waals surface area contributed by atoms with E-state index in [1.54, 1.807) is 19.2 Å². The number of rotatable bonds is 12. The SMILES string of the molecule is CC[C@@H](C)NC(=O)[C@@H](Cc1ccccc1)N(Cc1cccc(OC)c1)C(=O)COc1ccccc1F. The lowest BCUT2D eigenvalue weighted by Gasteiger charge is -2.32. The molecule has 0 unspecified atom stereocenters. The maximum atomic E-state index is 14.1. The third kappa shape index (κ3) is 7.57. The van der Waals surface area contributed by atoms with Crippen molar-refractivity contribution < 1.29 is 23.5 Å². The van der Waals surface area contributed by atoms with Crippen LogP contribution < -0.4 is 14.8 Å². The molecule has 2 amide bonds. The molecule has 0 saturated carbocycles. The van der Waals surface area contributed by atoms with E-state index in [0.29, 0.717) is 12.2 Å². The highest BCUT2D eigenvalue weighted by Gasteiger charge is 2.31. The molecule has 0 bridgehead atoms. The van der Waals surface area contributed by atoms with Gasteiger partial charge in [0.05, 0.1) is 7.11 Å². The number of carbonyl (C=O) groups excluding carboxylic acids is 2. The molecule has 0 spiro atoms. The molecule has 3 aromatic rings. The first-order valence-corrected chi connectivity index (χ1v) is 12.0. The van der Waals surface area contributed by atoms with Crippen molar-refractivity contribution >= 4 is 11.8 Å². The van der Waals surface area contributed by atoms with E-state index in [9.17, 15) is 14.0 Å². The van der Waals surface area contributed by atoms with Crippen LogP contribution in [0.3, 0.4) is 0 Å². The van der Waals surface area contributed by atoms with Crippen LogP contribution in [-0.2, 0) is 22.6 Å². The fourth-order valence-electron chi connectivity index (χ4n) is 3.75. The number of methoxy groups -OCH3 is 1. The van der Waals surface area contributed by atoms with Crippen molar-refractivity contribution in [2.24, 2.45) is 0 Å². The van der Waals surface area contributed by atoms with E-state index in [4.69, 9.17) is 9.47 Å². The quantitative estimate of drug-likeness (QED) is 0.396. The number of carbonyl (C=O) groups is 2. The summed E-state index contributed by atoms with van der Waals surface area (Å²) in [7, 11) is 1.57. The van der Waals surface area contributed by atoms with Gasteiger partial charge in [-0.2, -0.15) is 0 Å². The zero-order valence-electron chi connectivity index (χ0n) is 20.9. The van der Waals surface area contributed by atoms with Crippen LogP contribution >= 0.6 is 0 Å². The second-order valence-electron chi connectivity index (χ2n) is 8.62. The monoisotopic (exact) mass is 492 g/mol. The highest BCUT2D eigenvalue weighted by atomic mass is 19.1. The Morgan fingerprint density at radius 3 is 2.36 bits per heavy atom. The van der Waals surface area contributed by atoms with Crippen molar-refractivity contribution in [3.63, 3.8) is 0 Å². The first-order chi connectivity index (χ1) is 17.4. The minimum Gasteiger partial charge on any atom is -0.497 e. The van der Waals surface area contributed by atoms with Gasteiger partial charge in [0.15, 0.2) is 18.2 Å². The molecule has 0 aliphatic heterocycles. The molecular weight excluding hydrogens is 459 g/mol. The van der Waals surface area contributed by atoms with Crippen LogP contribution in [0.25, 0.3) is 0 Å². The molecule has 7 heteroatoms. The van der Waals surface area contributed by atoms with Gasteiger partial charge in [0, 0.05) is 19.0 Å². The van der Waals surface area contributed by atoms with Crippen LogP contribution in [0.2, 0.25) is 0 Å². The van der Waals surface area contributed by atoms with Crippen LogP contribution in [0.5, 0.6) is 11.5 Å². The molecule has 0 radical (unpaired) electrons. The van der Waals surface area contributed by atoms with Gasteiger partial charge in [-0.15, -0.1) is 0 Å². The minimum atomic E-state index is -0.802. The second-order valence-corrected chi connectivity index (χ2v) is 8.62. The minimum absolute atomic E-state index is 0.0177. The summed E-state index contributed by atoms with van der Waals surface area (Å²) in [4.78, 5) is 28.5. The van der Waals surface area contributed by atoms with Crippen molar-refractivity contribution in [1.29, 1.82) is 0 Å². The predicted octanol–water partition coefficient (Wildman–Crippen LogP) is 4.77. The van der Waals surface area contributed by atoms with E-state index in [1.807, 2.05) is 68.4 Å². The van der Waals surface area contributed by atoms with E-state index < -0.39 is 24.4 Å². The zero-order valence-corrected chi connectivity index (χ0v) is 20.9. The molecular formula is C29H33FN2O4. The smallest absolute Gasteiger partial charge is 0.261 e. The third-order valence-electron chi connectivity index (χ3n) is 5.95. The molecule has 0 saturated heterocycles. The number of ether oxygens (including phenoxy) is 2. The number of nitrogens with one attached hydrogen (secondary N) is 1. The van der Waals surface area contributed by atoms with Crippen LogP contribution in [0.4, 0.5) is 4.39 Å². The number of benzene rings is 3. The Balaban J connectivity index is 1.94. The number of hydrogen-bond donors (Lipinski definition) is 1. The Labute approximate surface area is 212 Å². The van der Waals surface area contributed by atoms with Crippen molar-refractivity contribution in [1.82, 2.24) is 10.2 Å². The normalized spacial score (nSPS) is 12.3. The molecule has 36 heavy (non-hydrogen) atoms. The summed E-state index contributed by atoms with van der Waals surface area (Å²) in [5.74, 6) is -0.612. The van der Waals surface area contributed by atoms with E-state index in [2.05, 4.69) is 5.32 Å². The van der Waals surface area contributed by atoms with Gasteiger partial charge in [-0.05, 0) is 48.7 Å². The molecule has 0 aliphatic rings. The largest absolute Gasteiger partial charge is 0.497 e. The molecule has 2 atom stereocenters. The second kappa shape index (κ2) is 13.3. The van der Waals surface area contributed by atoms with E-state index in [1.165, 1.54) is 17.0 Å². The van der Waals surface area contributed by atoms with E-state index in [-0.39, 0.29) is 24.2 Å². The molecule has 3 rings (SSSR count). The van der Waals surface area contributed by atoms with Gasteiger partial charge in [0.2, 0.25) is 5.91 Å². The average Bonchev–Trinajstić information content (AvgIpc) is 2.90. The summed E-state index contributed by atoms with van der Waals surface area (Å²) >= 11 is 0. The van der Waals surface area contributed by atoms with Crippen molar-refractivity contribution in [3.8, 4) is 11.5 Å². The van der Waals surface area contributed by atoms with Gasteiger partial charge in [0.1, 0.15) is 11.8 Å². The van der Waals surface area contributed by atoms with Crippen molar-refractivity contribution in [2.75, 3.05) is 13.7 Å². The van der Waals surface area contributed by atoms with Gasteiger partial charge in [0.25, 0.3) is 5.91 Å². The first-order valence-electron chi connectivity index (χ1n) is 12.0. The number of hydrogen-bond acceptors (Lipinski definition) is 4. The summed E-state index contributed by atoms with van der Waals surface area (Å²) in [5, 5.41) is 3.02.